The van der Waals surface area contributed by atoms with E-state index in [1.165, 1.54) is 32.1 Å². The van der Waals surface area contributed by atoms with Crippen LogP contribution in [0.5, 0.6) is 0 Å². The lowest BCUT2D eigenvalue weighted by atomic mass is 9.78. The van der Waals surface area contributed by atoms with E-state index in [4.69, 9.17) is 5.11 Å². The van der Waals surface area contributed by atoms with Crippen LogP contribution in [0.3, 0.4) is 0 Å². The van der Waals surface area contributed by atoms with Gasteiger partial charge in [-0.25, -0.2) is 0 Å². The topological polar surface area (TPSA) is 46.5 Å². The van der Waals surface area contributed by atoms with Crippen LogP contribution in [0.1, 0.15) is 56.6 Å². The molecule has 1 aromatic rings. The number of aliphatic hydroxyl groups is 1. The smallest absolute Gasteiger partial charge is 0.293 e. The van der Waals surface area contributed by atoms with Gasteiger partial charge in [0.05, 0.1) is 6.61 Å². The Kier molecular flexibility index (Phi) is 8.76. The first kappa shape index (κ1) is 17.7. The van der Waals surface area contributed by atoms with Crippen LogP contribution >= 0.6 is 0 Å². The number of carbonyl (C=O) groups is 1. The van der Waals surface area contributed by atoms with E-state index < -0.39 is 0 Å². The Morgan fingerprint density at radius 1 is 1.24 bits per heavy atom. The van der Waals surface area contributed by atoms with Gasteiger partial charge >= 0.3 is 0 Å². The minimum absolute atomic E-state index is 0.0985. The molecule has 0 aliphatic heterocycles. The summed E-state index contributed by atoms with van der Waals surface area (Å²) >= 11 is 0. The summed E-state index contributed by atoms with van der Waals surface area (Å²) in [4.78, 5) is 9.23. The number of carbonyl (C=O) groups excluding carboxylic acids is 1. The van der Waals surface area contributed by atoms with Gasteiger partial charge in [0, 0.05) is 0 Å². The molecule has 3 nitrogen and oxygen atoms in total. The summed E-state index contributed by atoms with van der Waals surface area (Å²) in [5.41, 5.74) is 3.20. The van der Waals surface area contributed by atoms with E-state index >= 15 is 0 Å². The lowest BCUT2D eigenvalue weighted by molar-refractivity contribution is -0.129. The highest BCUT2D eigenvalue weighted by molar-refractivity contribution is 5.36. The standard InChI is InChI=1S/C15H22.C3H6O3/c1-3-13-6-4-5-7-15(13)14-10-8-12(2)9-11-14;4-1-2-6-3-5/h4-7,12,14H,3,8-11H2,1-2H3;3-4H,1-2H2. The van der Waals surface area contributed by atoms with Gasteiger partial charge in [-0.15, -0.1) is 0 Å². The minimum atomic E-state index is -0.0985. The summed E-state index contributed by atoms with van der Waals surface area (Å²) < 4.78 is 4.05. The van der Waals surface area contributed by atoms with Crippen molar-refractivity contribution in [2.45, 2.75) is 51.9 Å². The SMILES string of the molecule is CCc1ccccc1C1CCC(C)CC1.O=COCCO. The Bertz CT molecular complexity index is 395. The molecular formula is C18H28O3. The van der Waals surface area contributed by atoms with Gasteiger partial charge in [0.15, 0.2) is 0 Å². The van der Waals surface area contributed by atoms with Crippen LogP contribution in [0.25, 0.3) is 0 Å². The lowest BCUT2D eigenvalue weighted by Gasteiger charge is -2.27. The molecule has 0 aromatic heterocycles. The zero-order valence-electron chi connectivity index (χ0n) is 13.3. The monoisotopic (exact) mass is 292 g/mol. The third kappa shape index (κ3) is 6.30. The molecule has 0 radical (unpaired) electrons. The number of hydrogen-bond acceptors (Lipinski definition) is 3. The summed E-state index contributed by atoms with van der Waals surface area (Å²) in [6, 6.07) is 9.02. The van der Waals surface area contributed by atoms with Crippen LogP contribution in [0.15, 0.2) is 24.3 Å². The third-order valence-corrected chi connectivity index (χ3v) is 4.17. The maximum Gasteiger partial charge on any atom is 0.293 e. The molecule has 1 aliphatic carbocycles. The summed E-state index contributed by atoms with van der Waals surface area (Å²) in [7, 11) is 0. The Morgan fingerprint density at radius 2 is 1.90 bits per heavy atom. The van der Waals surface area contributed by atoms with E-state index in [0.717, 1.165) is 11.8 Å². The molecular weight excluding hydrogens is 264 g/mol. The summed E-state index contributed by atoms with van der Waals surface area (Å²) in [6.07, 6.45) is 6.82. The van der Waals surface area contributed by atoms with Crippen LogP contribution in [0.4, 0.5) is 0 Å². The van der Waals surface area contributed by atoms with Crippen LogP contribution in [-0.2, 0) is 16.0 Å². The number of ether oxygens (including phenoxy) is 1. The van der Waals surface area contributed by atoms with E-state index in [9.17, 15) is 4.79 Å². The normalized spacial score (nSPS) is 21.1. The van der Waals surface area contributed by atoms with Crippen LogP contribution in [0.2, 0.25) is 0 Å². The molecule has 0 amide bonds. The number of rotatable bonds is 5. The first-order valence-corrected chi connectivity index (χ1v) is 7.96. The van der Waals surface area contributed by atoms with E-state index in [1.807, 2.05) is 0 Å². The van der Waals surface area contributed by atoms with Crippen molar-refractivity contribution in [2.75, 3.05) is 13.2 Å². The molecule has 3 heteroatoms. The summed E-state index contributed by atoms with van der Waals surface area (Å²) in [6.45, 7) is 4.96. The maximum absolute atomic E-state index is 9.23. The van der Waals surface area contributed by atoms with Crippen molar-refractivity contribution < 1.29 is 14.6 Å². The highest BCUT2D eigenvalue weighted by Gasteiger charge is 2.20. The van der Waals surface area contributed by atoms with Crippen LogP contribution in [-0.4, -0.2) is 24.8 Å². The van der Waals surface area contributed by atoms with Gasteiger partial charge in [0.1, 0.15) is 6.61 Å². The maximum atomic E-state index is 9.23. The predicted molar refractivity (Wildman–Crippen MR) is 85.3 cm³/mol. The summed E-state index contributed by atoms with van der Waals surface area (Å²) in [5, 5.41) is 7.91. The summed E-state index contributed by atoms with van der Waals surface area (Å²) in [5.74, 6) is 1.80. The zero-order valence-corrected chi connectivity index (χ0v) is 13.3. The van der Waals surface area contributed by atoms with E-state index in [1.54, 1.807) is 11.1 Å². The molecule has 21 heavy (non-hydrogen) atoms. The Hall–Kier alpha value is -1.35. The first-order chi connectivity index (χ1) is 10.2. The molecule has 2 rings (SSSR count). The van der Waals surface area contributed by atoms with Crippen molar-refractivity contribution in [3.63, 3.8) is 0 Å². The molecule has 0 spiro atoms. The van der Waals surface area contributed by atoms with E-state index in [2.05, 4.69) is 42.8 Å². The molecule has 118 valence electrons. The number of aryl methyl sites for hydroxylation is 1. The largest absolute Gasteiger partial charge is 0.465 e. The molecule has 0 unspecified atom stereocenters. The van der Waals surface area contributed by atoms with Gasteiger partial charge in [-0.2, -0.15) is 0 Å². The fourth-order valence-corrected chi connectivity index (χ4v) is 2.93. The molecule has 0 atom stereocenters. The van der Waals surface area contributed by atoms with E-state index in [0.29, 0.717) is 6.47 Å². The van der Waals surface area contributed by atoms with Crippen molar-refractivity contribution >= 4 is 6.47 Å². The Balaban J connectivity index is 0.000000315. The highest BCUT2D eigenvalue weighted by atomic mass is 16.5. The van der Waals surface area contributed by atoms with Gasteiger partial charge in [0.2, 0.25) is 0 Å². The number of hydrogen-bond donors (Lipinski definition) is 1. The second-order valence-electron chi connectivity index (χ2n) is 5.70. The molecule has 0 bridgehead atoms. The fraction of sp³-hybridized carbons (Fsp3) is 0.611. The average molecular weight is 292 g/mol. The zero-order chi connectivity index (χ0) is 15.5. The van der Waals surface area contributed by atoms with Crippen molar-refractivity contribution in [3.8, 4) is 0 Å². The molecule has 1 aromatic carbocycles. The van der Waals surface area contributed by atoms with Gasteiger partial charge in [-0.1, -0.05) is 51.0 Å². The molecule has 1 fully saturated rings. The van der Waals surface area contributed by atoms with Crippen molar-refractivity contribution in [3.05, 3.63) is 35.4 Å². The quantitative estimate of drug-likeness (QED) is 0.665. The fourth-order valence-electron chi connectivity index (χ4n) is 2.93. The van der Waals surface area contributed by atoms with Crippen molar-refractivity contribution in [1.82, 2.24) is 0 Å². The lowest BCUT2D eigenvalue weighted by Crippen LogP contribution is -2.12. The van der Waals surface area contributed by atoms with Gasteiger partial charge < -0.3 is 9.84 Å². The van der Waals surface area contributed by atoms with Gasteiger partial charge in [-0.05, 0) is 42.2 Å². The molecule has 1 saturated carbocycles. The minimum Gasteiger partial charge on any atom is -0.465 e. The molecule has 0 heterocycles. The molecule has 1 aliphatic rings. The number of benzene rings is 1. The highest BCUT2D eigenvalue weighted by Crippen LogP contribution is 2.36. The molecule has 1 N–H and O–H groups in total. The second kappa shape index (κ2) is 10.4. The van der Waals surface area contributed by atoms with Gasteiger partial charge in [-0.3, -0.25) is 4.79 Å². The first-order valence-electron chi connectivity index (χ1n) is 7.96. The Morgan fingerprint density at radius 3 is 2.43 bits per heavy atom. The number of aliphatic hydroxyl groups excluding tert-OH is 1. The van der Waals surface area contributed by atoms with Gasteiger partial charge in [0.25, 0.3) is 6.47 Å². The van der Waals surface area contributed by atoms with Crippen molar-refractivity contribution in [2.24, 2.45) is 5.92 Å². The van der Waals surface area contributed by atoms with Crippen LogP contribution < -0.4 is 0 Å². The average Bonchev–Trinajstić information content (AvgIpc) is 2.54. The third-order valence-electron chi connectivity index (χ3n) is 4.17. The predicted octanol–water partition coefficient (Wildman–Crippen LogP) is 3.69. The molecule has 0 saturated heterocycles. The van der Waals surface area contributed by atoms with E-state index in [-0.39, 0.29) is 13.2 Å². The second-order valence-corrected chi connectivity index (χ2v) is 5.70. The Labute approximate surface area is 128 Å². The van der Waals surface area contributed by atoms with Crippen molar-refractivity contribution in [1.29, 1.82) is 0 Å². The van der Waals surface area contributed by atoms with Crippen LogP contribution in [0, 0.1) is 5.92 Å².